The second-order valence-electron chi connectivity index (χ2n) is 3.21. The van der Waals surface area contributed by atoms with Crippen LogP contribution in [0.15, 0.2) is 0 Å². The lowest BCUT2D eigenvalue weighted by atomic mass is 9.86. The molecule has 0 aromatic rings. The molecule has 3 nitrogen and oxygen atoms in total. The summed E-state index contributed by atoms with van der Waals surface area (Å²) in [4.78, 5) is 0. The van der Waals surface area contributed by atoms with Crippen LogP contribution in [-0.2, 0) is 4.74 Å². The molecule has 0 aromatic carbocycles. The number of aliphatic hydroxyl groups is 1. The van der Waals surface area contributed by atoms with Crippen molar-refractivity contribution >= 4 is 12.4 Å². The Bertz CT molecular complexity index is 112. The van der Waals surface area contributed by atoms with Gasteiger partial charge in [0.2, 0.25) is 0 Å². The molecule has 1 unspecified atom stereocenters. The van der Waals surface area contributed by atoms with Crippen molar-refractivity contribution in [3.05, 3.63) is 0 Å². The number of piperidine rings is 1. The van der Waals surface area contributed by atoms with Crippen molar-refractivity contribution in [2.24, 2.45) is 11.8 Å². The molecule has 2 fully saturated rings. The van der Waals surface area contributed by atoms with Crippen molar-refractivity contribution in [3.8, 4) is 0 Å². The lowest BCUT2D eigenvalue weighted by Crippen LogP contribution is -2.53. The van der Waals surface area contributed by atoms with Crippen LogP contribution in [0.3, 0.4) is 0 Å². The van der Waals surface area contributed by atoms with Crippen molar-refractivity contribution in [1.29, 1.82) is 0 Å². The lowest BCUT2D eigenvalue weighted by Gasteiger charge is -2.39. The minimum atomic E-state index is -0.116. The van der Waals surface area contributed by atoms with Crippen molar-refractivity contribution in [3.63, 3.8) is 0 Å². The molecule has 0 saturated carbocycles. The fourth-order valence-corrected chi connectivity index (χ4v) is 1.77. The van der Waals surface area contributed by atoms with Gasteiger partial charge in [0.25, 0.3) is 0 Å². The molecule has 0 spiro atoms. The molecule has 2 aliphatic rings. The summed E-state index contributed by atoms with van der Waals surface area (Å²) < 4.78 is 5.31. The second-order valence-corrected chi connectivity index (χ2v) is 3.21. The molecule has 0 aromatic heterocycles. The standard InChI is InChI=1S/C7H13NO2.ClH/c9-7-5-1-8-2-6(7)4-10-3-5;/h5-9H,1-4H2;1H/t5-,6+,7?;. The third-order valence-electron chi connectivity index (χ3n) is 2.44. The normalized spacial score (nSPS) is 42.8. The van der Waals surface area contributed by atoms with Gasteiger partial charge < -0.3 is 15.2 Å². The summed E-state index contributed by atoms with van der Waals surface area (Å²) in [7, 11) is 0. The molecule has 2 N–H and O–H groups in total. The zero-order valence-corrected chi connectivity index (χ0v) is 7.14. The van der Waals surface area contributed by atoms with Gasteiger partial charge in [-0.1, -0.05) is 0 Å². The average Bonchev–Trinajstić information content (AvgIpc) is 1.86. The smallest absolute Gasteiger partial charge is 0.0664 e. The van der Waals surface area contributed by atoms with Crippen LogP contribution in [0, 0.1) is 11.8 Å². The molecule has 2 bridgehead atoms. The topological polar surface area (TPSA) is 41.5 Å². The molecule has 66 valence electrons. The third kappa shape index (κ3) is 1.67. The number of hydrogen-bond donors (Lipinski definition) is 2. The molecule has 2 heterocycles. The highest BCUT2D eigenvalue weighted by molar-refractivity contribution is 5.85. The SMILES string of the molecule is Cl.OC1[C@@H]2CNC[C@H]1COC2. The Labute approximate surface area is 72.5 Å². The Kier molecular flexibility index (Phi) is 3.13. The van der Waals surface area contributed by atoms with Crippen LogP contribution in [0.5, 0.6) is 0 Å². The summed E-state index contributed by atoms with van der Waals surface area (Å²) in [6.45, 7) is 3.28. The number of fused-ring (bicyclic) bond motifs is 2. The van der Waals surface area contributed by atoms with Crippen LogP contribution >= 0.6 is 12.4 Å². The zero-order valence-electron chi connectivity index (χ0n) is 6.32. The predicted molar refractivity (Wildman–Crippen MR) is 43.9 cm³/mol. The Morgan fingerprint density at radius 3 is 2.18 bits per heavy atom. The van der Waals surface area contributed by atoms with Crippen LogP contribution in [0.1, 0.15) is 0 Å². The Balaban J connectivity index is 0.000000605. The molecule has 2 rings (SSSR count). The number of nitrogens with one attached hydrogen (secondary N) is 1. The van der Waals surface area contributed by atoms with Gasteiger partial charge in [-0.05, 0) is 0 Å². The van der Waals surface area contributed by atoms with E-state index < -0.39 is 0 Å². The first-order valence-electron chi connectivity index (χ1n) is 3.84. The molecule has 4 heteroatoms. The minimum Gasteiger partial charge on any atom is -0.392 e. The Hall–Kier alpha value is 0.170. The van der Waals surface area contributed by atoms with Gasteiger partial charge in [0.1, 0.15) is 0 Å². The van der Waals surface area contributed by atoms with E-state index in [1.54, 1.807) is 0 Å². The summed E-state index contributed by atoms with van der Waals surface area (Å²) in [6, 6.07) is 0. The first kappa shape index (κ1) is 9.26. The molecule has 0 amide bonds. The van der Waals surface area contributed by atoms with Gasteiger partial charge in [-0.3, -0.25) is 0 Å². The molecule has 3 atom stereocenters. The van der Waals surface area contributed by atoms with Gasteiger partial charge >= 0.3 is 0 Å². The van der Waals surface area contributed by atoms with Crippen LogP contribution < -0.4 is 5.32 Å². The summed E-state index contributed by atoms with van der Waals surface area (Å²) in [5, 5.41) is 12.8. The van der Waals surface area contributed by atoms with E-state index in [1.165, 1.54) is 0 Å². The van der Waals surface area contributed by atoms with E-state index in [0.29, 0.717) is 11.8 Å². The molecular weight excluding hydrogens is 166 g/mol. The molecule has 2 aliphatic heterocycles. The van der Waals surface area contributed by atoms with E-state index in [-0.39, 0.29) is 18.5 Å². The second kappa shape index (κ2) is 3.72. The molecule has 0 radical (unpaired) electrons. The highest BCUT2D eigenvalue weighted by Crippen LogP contribution is 2.22. The summed E-state index contributed by atoms with van der Waals surface area (Å²) in [5.74, 6) is 0.681. The first-order chi connectivity index (χ1) is 4.88. The quantitative estimate of drug-likeness (QED) is 0.534. The van der Waals surface area contributed by atoms with E-state index in [4.69, 9.17) is 4.74 Å². The van der Waals surface area contributed by atoms with E-state index in [0.717, 1.165) is 26.3 Å². The van der Waals surface area contributed by atoms with Crippen molar-refractivity contribution in [2.45, 2.75) is 6.10 Å². The molecule has 11 heavy (non-hydrogen) atoms. The number of aliphatic hydroxyl groups excluding tert-OH is 1. The number of ether oxygens (including phenoxy) is 1. The van der Waals surface area contributed by atoms with E-state index in [1.807, 2.05) is 0 Å². The van der Waals surface area contributed by atoms with E-state index in [9.17, 15) is 5.11 Å². The fourth-order valence-electron chi connectivity index (χ4n) is 1.77. The minimum absolute atomic E-state index is 0. The Morgan fingerprint density at radius 2 is 1.73 bits per heavy atom. The van der Waals surface area contributed by atoms with Gasteiger partial charge in [-0.25, -0.2) is 0 Å². The van der Waals surface area contributed by atoms with Crippen LogP contribution in [0.2, 0.25) is 0 Å². The van der Waals surface area contributed by atoms with Gasteiger partial charge in [-0.2, -0.15) is 0 Å². The highest BCUT2D eigenvalue weighted by atomic mass is 35.5. The largest absolute Gasteiger partial charge is 0.392 e. The first-order valence-corrected chi connectivity index (χ1v) is 3.84. The van der Waals surface area contributed by atoms with Crippen molar-refractivity contribution < 1.29 is 9.84 Å². The zero-order chi connectivity index (χ0) is 6.97. The maximum absolute atomic E-state index is 9.57. The fraction of sp³-hybridized carbons (Fsp3) is 1.00. The van der Waals surface area contributed by atoms with Gasteiger partial charge in [0.15, 0.2) is 0 Å². The highest BCUT2D eigenvalue weighted by Gasteiger charge is 2.35. The van der Waals surface area contributed by atoms with Crippen molar-refractivity contribution in [2.75, 3.05) is 26.3 Å². The maximum Gasteiger partial charge on any atom is 0.0664 e. The van der Waals surface area contributed by atoms with Gasteiger partial charge in [0.05, 0.1) is 19.3 Å². The van der Waals surface area contributed by atoms with Crippen LogP contribution in [0.25, 0.3) is 0 Å². The average molecular weight is 180 g/mol. The van der Waals surface area contributed by atoms with E-state index >= 15 is 0 Å². The van der Waals surface area contributed by atoms with Crippen molar-refractivity contribution in [1.82, 2.24) is 5.32 Å². The number of rotatable bonds is 0. The number of halogens is 1. The van der Waals surface area contributed by atoms with Gasteiger partial charge in [0, 0.05) is 24.9 Å². The molecular formula is C7H14ClNO2. The molecule has 2 saturated heterocycles. The van der Waals surface area contributed by atoms with Gasteiger partial charge in [-0.15, -0.1) is 12.4 Å². The van der Waals surface area contributed by atoms with Crippen LogP contribution in [-0.4, -0.2) is 37.5 Å². The lowest BCUT2D eigenvalue weighted by molar-refractivity contribution is -0.0935. The summed E-state index contributed by atoms with van der Waals surface area (Å²) >= 11 is 0. The van der Waals surface area contributed by atoms with E-state index in [2.05, 4.69) is 5.32 Å². The van der Waals surface area contributed by atoms with Crippen LogP contribution in [0.4, 0.5) is 0 Å². The summed E-state index contributed by atoms with van der Waals surface area (Å²) in [6.07, 6.45) is -0.116. The monoisotopic (exact) mass is 179 g/mol. The summed E-state index contributed by atoms with van der Waals surface area (Å²) in [5.41, 5.74) is 0. The maximum atomic E-state index is 9.57. The third-order valence-corrected chi connectivity index (χ3v) is 2.44. The Morgan fingerprint density at radius 1 is 1.18 bits per heavy atom. The molecule has 0 aliphatic carbocycles. The predicted octanol–water partition coefficient (Wildman–Crippen LogP) is -0.365. The number of hydrogen-bond acceptors (Lipinski definition) is 3.